The molecule has 0 N–H and O–H groups in total. The van der Waals surface area contributed by atoms with Crippen molar-refractivity contribution in [1.29, 1.82) is 0 Å². The number of benzene rings is 1. The van der Waals surface area contributed by atoms with E-state index in [9.17, 15) is 13.2 Å². The van der Waals surface area contributed by atoms with Crippen molar-refractivity contribution in [3.05, 3.63) is 48.3 Å². The average molecular weight is 386 g/mol. The summed E-state index contributed by atoms with van der Waals surface area (Å²) in [7, 11) is -3.59. The van der Waals surface area contributed by atoms with Crippen molar-refractivity contribution in [2.75, 3.05) is 31.1 Å². The summed E-state index contributed by atoms with van der Waals surface area (Å²) >= 11 is 0. The normalized spacial score (nSPS) is 16.0. The minimum atomic E-state index is -3.59. The summed E-state index contributed by atoms with van der Waals surface area (Å²) in [6.45, 7) is 3.24. The molecule has 1 aliphatic rings. The van der Waals surface area contributed by atoms with E-state index in [1.165, 1.54) is 29.7 Å². The lowest BCUT2D eigenvalue weighted by Gasteiger charge is -2.34. The zero-order valence-corrected chi connectivity index (χ0v) is 15.5. The van der Waals surface area contributed by atoms with Gasteiger partial charge in [-0.2, -0.15) is 8.82 Å². The first kappa shape index (κ1) is 17.6. The molecule has 0 atom stereocenters. The molecule has 0 bridgehead atoms. The molecule has 0 spiro atoms. The van der Waals surface area contributed by atoms with Gasteiger partial charge in [-0.1, -0.05) is 12.1 Å². The molecular formula is C17H18N6O3S. The summed E-state index contributed by atoms with van der Waals surface area (Å²) in [6, 6.07) is 9.75. The van der Waals surface area contributed by atoms with E-state index >= 15 is 0 Å². The summed E-state index contributed by atoms with van der Waals surface area (Å²) < 4.78 is 28.7. The first-order chi connectivity index (χ1) is 12.9. The second-order valence-corrected chi connectivity index (χ2v) is 8.23. The molecule has 1 fully saturated rings. The van der Waals surface area contributed by atoms with Crippen LogP contribution >= 0.6 is 0 Å². The predicted octanol–water partition coefficient (Wildman–Crippen LogP) is 0.838. The van der Waals surface area contributed by atoms with Gasteiger partial charge in [0, 0.05) is 31.7 Å². The van der Waals surface area contributed by atoms with Gasteiger partial charge in [-0.25, -0.2) is 8.42 Å². The van der Waals surface area contributed by atoms with E-state index in [0.717, 1.165) is 5.82 Å². The average Bonchev–Trinajstić information content (AvgIpc) is 3.16. The van der Waals surface area contributed by atoms with Crippen LogP contribution in [0.2, 0.25) is 0 Å². The van der Waals surface area contributed by atoms with Gasteiger partial charge in [0.25, 0.3) is 0 Å². The van der Waals surface area contributed by atoms with Gasteiger partial charge in [0.15, 0.2) is 11.4 Å². The Morgan fingerprint density at radius 3 is 2.37 bits per heavy atom. The van der Waals surface area contributed by atoms with E-state index in [1.54, 1.807) is 16.6 Å². The van der Waals surface area contributed by atoms with E-state index in [2.05, 4.69) is 15.3 Å². The Labute approximate surface area is 156 Å². The lowest BCUT2D eigenvalue weighted by molar-refractivity contribution is 0.101. The number of aromatic nitrogens is 4. The van der Waals surface area contributed by atoms with E-state index in [0.29, 0.717) is 37.4 Å². The number of carbonyl (C=O) groups excluding carboxylic acids is 1. The summed E-state index contributed by atoms with van der Waals surface area (Å²) in [5.41, 5.74) is 1.16. The van der Waals surface area contributed by atoms with E-state index < -0.39 is 10.0 Å². The lowest BCUT2D eigenvalue weighted by atomic mass is 10.2. The molecule has 0 aliphatic carbocycles. The maximum absolute atomic E-state index is 12.8. The monoisotopic (exact) mass is 386 g/mol. The van der Waals surface area contributed by atoms with Crippen molar-refractivity contribution in [3.63, 3.8) is 0 Å². The molecule has 0 saturated carbocycles. The Morgan fingerprint density at radius 1 is 1.00 bits per heavy atom. The Hall–Kier alpha value is -2.85. The summed E-state index contributed by atoms with van der Waals surface area (Å²) in [4.78, 5) is 13.6. The quantitative estimate of drug-likeness (QED) is 0.612. The molecule has 27 heavy (non-hydrogen) atoms. The molecular weight excluding hydrogens is 368 g/mol. The maximum atomic E-state index is 12.8. The van der Waals surface area contributed by atoms with Gasteiger partial charge in [0.05, 0.1) is 4.90 Å². The topological polar surface area (TPSA) is 101 Å². The smallest absolute Gasteiger partial charge is 0.243 e. The van der Waals surface area contributed by atoms with Crippen molar-refractivity contribution in [3.8, 4) is 0 Å². The number of hydrogen-bond donors (Lipinski definition) is 0. The summed E-state index contributed by atoms with van der Waals surface area (Å²) in [5, 5.41) is 12.2. The van der Waals surface area contributed by atoms with Crippen LogP contribution in [0.1, 0.15) is 17.3 Å². The van der Waals surface area contributed by atoms with Crippen molar-refractivity contribution in [2.24, 2.45) is 0 Å². The van der Waals surface area contributed by atoms with Gasteiger partial charge in [-0.15, -0.1) is 15.3 Å². The number of nitrogens with zero attached hydrogens (tertiary/aromatic N) is 6. The molecule has 140 valence electrons. The van der Waals surface area contributed by atoms with Crippen molar-refractivity contribution < 1.29 is 13.2 Å². The molecule has 1 saturated heterocycles. The first-order valence-corrected chi connectivity index (χ1v) is 9.92. The molecule has 0 unspecified atom stereocenters. The van der Waals surface area contributed by atoms with E-state index in [-0.39, 0.29) is 10.7 Å². The highest BCUT2D eigenvalue weighted by atomic mass is 32.2. The minimum Gasteiger partial charge on any atom is -0.353 e. The number of piperazine rings is 1. The highest BCUT2D eigenvalue weighted by Gasteiger charge is 2.29. The maximum Gasteiger partial charge on any atom is 0.243 e. The van der Waals surface area contributed by atoms with Crippen LogP contribution in [0.15, 0.2) is 47.6 Å². The molecule has 2 aromatic heterocycles. The highest BCUT2D eigenvalue weighted by molar-refractivity contribution is 7.89. The Kier molecular flexibility index (Phi) is 4.36. The van der Waals surface area contributed by atoms with Gasteiger partial charge in [0.1, 0.15) is 12.1 Å². The molecule has 10 heteroatoms. The molecule has 1 aliphatic heterocycles. The first-order valence-electron chi connectivity index (χ1n) is 8.48. The van der Waals surface area contributed by atoms with Crippen LogP contribution in [0.4, 0.5) is 5.82 Å². The Balaban J connectivity index is 1.48. The van der Waals surface area contributed by atoms with Crippen LogP contribution < -0.4 is 4.90 Å². The van der Waals surface area contributed by atoms with Crippen LogP contribution in [0.5, 0.6) is 0 Å². The Morgan fingerprint density at radius 2 is 1.70 bits per heavy atom. The molecule has 0 amide bonds. The largest absolute Gasteiger partial charge is 0.353 e. The number of rotatable bonds is 4. The van der Waals surface area contributed by atoms with Crippen LogP contribution in [-0.4, -0.2) is 64.5 Å². The fourth-order valence-corrected chi connectivity index (χ4v) is 4.48. The van der Waals surface area contributed by atoms with Crippen LogP contribution in [0, 0.1) is 0 Å². The van der Waals surface area contributed by atoms with Gasteiger partial charge >= 0.3 is 0 Å². The van der Waals surface area contributed by atoms with Gasteiger partial charge in [-0.05, 0) is 31.2 Å². The standard InChI is InChI=1S/C17H18N6O3S/c1-13(24)14-2-4-15(5-3-14)27(25,26)22-10-8-21(9-11-22)17-7-6-16-19-18-12-23(16)20-17/h2-7,12H,8-11H2,1H3. The number of carbonyl (C=O) groups is 1. The van der Waals surface area contributed by atoms with Crippen molar-refractivity contribution in [2.45, 2.75) is 11.8 Å². The van der Waals surface area contributed by atoms with Gasteiger partial charge in [0.2, 0.25) is 10.0 Å². The van der Waals surface area contributed by atoms with Crippen molar-refractivity contribution in [1.82, 2.24) is 24.1 Å². The third-order valence-corrected chi connectivity index (χ3v) is 6.52. The Bertz CT molecular complexity index is 1090. The van der Waals surface area contributed by atoms with Gasteiger partial charge < -0.3 is 4.90 Å². The number of sulfonamides is 1. The second kappa shape index (κ2) is 6.71. The van der Waals surface area contributed by atoms with E-state index in [4.69, 9.17) is 0 Å². The summed E-state index contributed by atoms with van der Waals surface area (Å²) in [6.07, 6.45) is 1.53. The second-order valence-electron chi connectivity index (χ2n) is 6.30. The molecule has 4 rings (SSSR count). The van der Waals surface area contributed by atoms with Crippen LogP contribution in [0.3, 0.4) is 0 Å². The fraction of sp³-hybridized carbons (Fsp3) is 0.294. The predicted molar refractivity (Wildman–Crippen MR) is 98.2 cm³/mol. The zero-order chi connectivity index (χ0) is 19.0. The minimum absolute atomic E-state index is 0.0925. The number of ketones is 1. The van der Waals surface area contributed by atoms with Gasteiger partial charge in [-0.3, -0.25) is 4.79 Å². The number of anilines is 1. The third kappa shape index (κ3) is 3.28. The molecule has 3 heterocycles. The van der Waals surface area contributed by atoms with Crippen LogP contribution in [-0.2, 0) is 10.0 Å². The molecule has 1 aromatic carbocycles. The van der Waals surface area contributed by atoms with Crippen LogP contribution in [0.25, 0.3) is 5.65 Å². The number of fused-ring (bicyclic) bond motifs is 1. The number of hydrogen-bond acceptors (Lipinski definition) is 7. The van der Waals surface area contributed by atoms with E-state index in [1.807, 2.05) is 17.0 Å². The summed E-state index contributed by atoms with van der Waals surface area (Å²) in [5.74, 6) is 0.662. The van der Waals surface area contributed by atoms with Crippen molar-refractivity contribution >= 4 is 27.3 Å². The third-order valence-electron chi connectivity index (χ3n) is 4.61. The molecule has 3 aromatic rings. The fourth-order valence-electron chi connectivity index (χ4n) is 3.06. The molecule has 9 nitrogen and oxygen atoms in total. The number of Topliss-reactive ketones (excluding diaryl/α,β-unsaturated/α-hetero) is 1. The lowest BCUT2D eigenvalue weighted by Crippen LogP contribution is -2.49. The SMILES string of the molecule is CC(=O)c1ccc(S(=O)(=O)N2CCN(c3ccc4nncn4n3)CC2)cc1. The zero-order valence-electron chi connectivity index (χ0n) is 14.7. The molecule has 0 radical (unpaired) electrons. The highest BCUT2D eigenvalue weighted by Crippen LogP contribution is 2.20.